The van der Waals surface area contributed by atoms with Gasteiger partial charge in [-0.15, -0.1) is 0 Å². The van der Waals surface area contributed by atoms with Crippen molar-refractivity contribution < 1.29 is 23.1 Å². The van der Waals surface area contributed by atoms with Crippen molar-refractivity contribution in [3.8, 4) is 0 Å². The molecule has 0 aromatic carbocycles. The molecule has 2 aliphatic carbocycles. The van der Waals surface area contributed by atoms with E-state index in [-0.39, 0.29) is 30.0 Å². The third kappa shape index (κ3) is 3.25. The summed E-state index contributed by atoms with van der Waals surface area (Å²) in [5, 5.41) is 0. The zero-order valence-corrected chi connectivity index (χ0v) is 14.2. The van der Waals surface area contributed by atoms with Crippen LogP contribution in [0.1, 0.15) is 34.1 Å². The van der Waals surface area contributed by atoms with Crippen LogP contribution < -0.4 is 0 Å². The van der Waals surface area contributed by atoms with Gasteiger partial charge in [-0.2, -0.15) is 0 Å². The fourth-order valence-electron chi connectivity index (χ4n) is 3.43. The number of rotatable bonds is 6. The number of esters is 1. The van der Waals surface area contributed by atoms with Crippen LogP contribution in [0.5, 0.6) is 0 Å². The minimum absolute atomic E-state index is 0.0578. The van der Waals surface area contributed by atoms with Gasteiger partial charge in [-0.1, -0.05) is 12.2 Å². The SMILES string of the molecule is COC(=O)[C@@H]1[C@H](P(=O)(OC(C)C)OC(C)C)[C@@H]2C=C[C@H]1C2. The zero-order chi connectivity index (χ0) is 15.8. The number of ether oxygens (including phenoxy) is 1. The summed E-state index contributed by atoms with van der Waals surface area (Å²) in [5.41, 5.74) is -0.440. The van der Waals surface area contributed by atoms with Crippen LogP contribution in [0.25, 0.3) is 0 Å². The summed E-state index contributed by atoms with van der Waals surface area (Å²) in [4.78, 5) is 12.1. The average molecular weight is 316 g/mol. The summed E-state index contributed by atoms with van der Waals surface area (Å²) in [6.45, 7) is 7.30. The predicted molar refractivity (Wildman–Crippen MR) is 80.1 cm³/mol. The highest BCUT2D eigenvalue weighted by molar-refractivity contribution is 7.54. The molecular weight excluding hydrogens is 291 g/mol. The summed E-state index contributed by atoms with van der Waals surface area (Å²) in [6, 6.07) is 0. The van der Waals surface area contributed by atoms with Crippen LogP contribution in [0, 0.1) is 17.8 Å². The lowest BCUT2D eigenvalue weighted by atomic mass is 9.93. The minimum Gasteiger partial charge on any atom is -0.469 e. The van der Waals surface area contributed by atoms with Crippen molar-refractivity contribution in [2.24, 2.45) is 17.8 Å². The second kappa shape index (κ2) is 6.23. The van der Waals surface area contributed by atoms with E-state index in [9.17, 15) is 9.36 Å². The Bertz CT molecular complexity index is 457. The fourth-order valence-corrected chi connectivity index (χ4v) is 6.36. The van der Waals surface area contributed by atoms with E-state index in [1.165, 1.54) is 7.11 Å². The lowest BCUT2D eigenvalue weighted by Crippen LogP contribution is -2.35. The fraction of sp³-hybridized carbons (Fsp3) is 0.800. The third-order valence-corrected chi connectivity index (χ3v) is 6.84. The van der Waals surface area contributed by atoms with Gasteiger partial charge in [-0.3, -0.25) is 9.36 Å². The number of methoxy groups -OCH3 is 1. The van der Waals surface area contributed by atoms with E-state index in [4.69, 9.17) is 13.8 Å². The van der Waals surface area contributed by atoms with E-state index < -0.39 is 19.2 Å². The molecule has 2 rings (SSSR count). The smallest absolute Gasteiger partial charge is 0.335 e. The lowest BCUT2D eigenvalue weighted by molar-refractivity contribution is -0.146. The van der Waals surface area contributed by atoms with Crippen molar-refractivity contribution in [3.63, 3.8) is 0 Å². The Morgan fingerprint density at radius 2 is 1.62 bits per heavy atom. The summed E-state index contributed by atoms with van der Waals surface area (Å²) in [6.07, 6.45) is 4.43. The molecular formula is C15H25O5P. The van der Waals surface area contributed by atoms with Crippen LogP contribution in [0.2, 0.25) is 0 Å². The van der Waals surface area contributed by atoms with Gasteiger partial charge in [0.1, 0.15) is 0 Å². The molecule has 0 aromatic heterocycles. The molecule has 120 valence electrons. The molecule has 0 aliphatic heterocycles. The highest BCUT2D eigenvalue weighted by Crippen LogP contribution is 2.66. The van der Waals surface area contributed by atoms with Crippen LogP contribution in [-0.2, 0) is 23.1 Å². The Hall–Kier alpha value is -0.640. The van der Waals surface area contributed by atoms with Crippen molar-refractivity contribution >= 4 is 13.6 Å². The van der Waals surface area contributed by atoms with Crippen molar-refractivity contribution in [3.05, 3.63) is 12.2 Å². The van der Waals surface area contributed by atoms with Gasteiger partial charge >= 0.3 is 13.6 Å². The second-order valence-electron chi connectivity index (χ2n) is 6.34. The molecule has 6 heteroatoms. The maximum atomic E-state index is 13.4. The normalized spacial score (nSPS) is 31.4. The van der Waals surface area contributed by atoms with Crippen LogP contribution in [0.4, 0.5) is 0 Å². The van der Waals surface area contributed by atoms with Gasteiger partial charge in [-0.05, 0) is 46.0 Å². The Morgan fingerprint density at radius 1 is 1.10 bits per heavy atom. The van der Waals surface area contributed by atoms with Crippen molar-refractivity contribution in [1.29, 1.82) is 0 Å². The summed E-state index contributed by atoms with van der Waals surface area (Å²) < 4.78 is 29.7. The average Bonchev–Trinajstić information content (AvgIpc) is 2.95. The van der Waals surface area contributed by atoms with E-state index in [0.29, 0.717) is 0 Å². The zero-order valence-electron chi connectivity index (χ0n) is 13.3. The summed E-state index contributed by atoms with van der Waals surface area (Å²) >= 11 is 0. The molecule has 0 saturated heterocycles. The molecule has 1 fully saturated rings. The highest BCUT2D eigenvalue weighted by atomic mass is 31.2. The number of hydrogen-bond acceptors (Lipinski definition) is 5. The minimum atomic E-state index is -3.40. The van der Waals surface area contributed by atoms with Crippen LogP contribution in [0.15, 0.2) is 12.2 Å². The van der Waals surface area contributed by atoms with Crippen molar-refractivity contribution in [1.82, 2.24) is 0 Å². The van der Waals surface area contributed by atoms with Gasteiger partial charge in [0, 0.05) is 0 Å². The van der Waals surface area contributed by atoms with Gasteiger partial charge in [0.25, 0.3) is 0 Å². The maximum absolute atomic E-state index is 13.4. The first-order chi connectivity index (χ1) is 9.78. The molecule has 0 amide bonds. The van der Waals surface area contributed by atoms with E-state index in [0.717, 1.165) is 6.42 Å². The maximum Gasteiger partial charge on any atom is 0.335 e. The molecule has 21 heavy (non-hydrogen) atoms. The molecule has 0 spiro atoms. The van der Waals surface area contributed by atoms with Crippen molar-refractivity contribution in [2.75, 3.05) is 7.11 Å². The van der Waals surface area contributed by atoms with Crippen LogP contribution in [-0.4, -0.2) is 30.9 Å². The van der Waals surface area contributed by atoms with Gasteiger partial charge in [0.15, 0.2) is 0 Å². The van der Waals surface area contributed by atoms with E-state index in [1.54, 1.807) is 0 Å². The first kappa shape index (κ1) is 16.7. The van der Waals surface area contributed by atoms with Crippen molar-refractivity contribution in [2.45, 2.75) is 52.0 Å². The Labute approximate surface area is 126 Å². The number of carbonyl (C=O) groups is 1. The molecule has 0 heterocycles. The Balaban J connectivity index is 2.35. The summed E-state index contributed by atoms with van der Waals surface area (Å²) in [5.74, 6) is -0.625. The molecule has 1 saturated carbocycles. The number of carbonyl (C=O) groups excluding carboxylic acids is 1. The second-order valence-corrected chi connectivity index (χ2v) is 8.43. The molecule has 4 atom stereocenters. The monoisotopic (exact) mass is 316 g/mol. The summed E-state index contributed by atoms with van der Waals surface area (Å²) in [7, 11) is -2.03. The van der Waals surface area contributed by atoms with E-state index in [2.05, 4.69) is 0 Å². The first-order valence-corrected chi connectivity index (χ1v) is 9.12. The Morgan fingerprint density at radius 3 is 2.10 bits per heavy atom. The number of fused-ring (bicyclic) bond motifs is 2. The third-order valence-electron chi connectivity index (χ3n) is 3.97. The Kier molecular flexibility index (Phi) is 4.96. The molecule has 0 aromatic rings. The highest BCUT2D eigenvalue weighted by Gasteiger charge is 2.58. The molecule has 0 radical (unpaired) electrons. The molecule has 2 bridgehead atoms. The molecule has 5 nitrogen and oxygen atoms in total. The van der Waals surface area contributed by atoms with Gasteiger partial charge in [0.2, 0.25) is 0 Å². The van der Waals surface area contributed by atoms with Crippen LogP contribution in [0.3, 0.4) is 0 Å². The lowest BCUT2D eigenvalue weighted by Gasteiger charge is -2.34. The van der Waals surface area contributed by atoms with Gasteiger partial charge in [-0.25, -0.2) is 0 Å². The van der Waals surface area contributed by atoms with Gasteiger partial charge < -0.3 is 13.8 Å². The molecule has 0 N–H and O–H groups in total. The van der Waals surface area contributed by atoms with Crippen LogP contribution >= 0.6 is 7.60 Å². The number of hydrogen-bond donors (Lipinski definition) is 0. The number of allylic oxidation sites excluding steroid dienone is 2. The largest absolute Gasteiger partial charge is 0.469 e. The molecule has 2 aliphatic rings. The standard InChI is InChI=1S/C15H25O5P/c1-9(2)19-21(17,20-10(3)4)14-12-7-6-11(8-12)13(14)15(16)18-5/h6-7,9-14H,8H2,1-5H3/t11-,12+,13-,14+/m0/s1. The molecule has 0 unspecified atom stereocenters. The quantitative estimate of drug-likeness (QED) is 0.427. The topological polar surface area (TPSA) is 61.8 Å². The predicted octanol–water partition coefficient (Wildman–Crippen LogP) is 3.39. The van der Waals surface area contributed by atoms with E-state index >= 15 is 0 Å². The first-order valence-electron chi connectivity index (χ1n) is 7.51. The van der Waals surface area contributed by atoms with Gasteiger partial charge in [0.05, 0.1) is 30.9 Å². The van der Waals surface area contributed by atoms with E-state index in [1.807, 2.05) is 39.8 Å².